The Hall–Kier alpha value is -1.55. The SMILES string of the molecule is CC(CNC(=O)CCc1cccc(N)c1)N1CCCCC1. The second-order valence-corrected chi connectivity index (χ2v) is 5.99. The Morgan fingerprint density at radius 2 is 2.10 bits per heavy atom. The van der Waals surface area contributed by atoms with Crippen LogP contribution in [0, 0.1) is 0 Å². The number of nitrogens with one attached hydrogen (secondary N) is 1. The Morgan fingerprint density at radius 3 is 2.81 bits per heavy atom. The monoisotopic (exact) mass is 289 g/mol. The van der Waals surface area contributed by atoms with Gasteiger partial charge in [-0.2, -0.15) is 0 Å². The molecule has 1 heterocycles. The van der Waals surface area contributed by atoms with Gasteiger partial charge in [0.05, 0.1) is 0 Å². The van der Waals surface area contributed by atoms with Gasteiger partial charge in [-0.1, -0.05) is 18.6 Å². The minimum atomic E-state index is 0.126. The number of nitrogens with two attached hydrogens (primary N) is 1. The second kappa shape index (κ2) is 8.03. The number of nitrogens with zero attached hydrogens (tertiary/aromatic N) is 1. The highest BCUT2D eigenvalue weighted by Crippen LogP contribution is 2.12. The number of piperidine rings is 1. The van der Waals surface area contributed by atoms with Crippen molar-refractivity contribution in [3.05, 3.63) is 29.8 Å². The van der Waals surface area contributed by atoms with Gasteiger partial charge in [0.25, 0.3) is 0 Å². The average Bonchev–Trinajstić information content (AvgIpc) is 2.51. The number of likely N-dealkylation sites (tertiary alicyclic amines) is 1. The van der Waals surface area contributed by atoms with E-state index < -0.39 is 0 Å². The first-order valence-electron chi connectivity index (χ1n) is 8.00. The summed E-state index contributed by atoms with van der Waals surface area (Å²) in [4.78, 5) is 14.4. The molecular formula is C17H27N3O. The molecule has 4 nitrogen and oxygen atoms in total. The van der Waals surface area contributed by atoms with Crippen LogP contribution in [-0.4, -0.2) is 36.5 Å². The second-order valence-electron chi connectivity index (χ2n) is 5.99. The number of aryl methyl sites for hydroxylation is 1. The molecule has 1 aliphatic heterocycles. The Balaban J connectivity index is 1.67. The predicted molar refractivity (Wildman–Crippen MR) is 87.1 cm³/mol. The van der Waals surface area contributed by atoms with Gasteiger partial charge in [-0.05, 0) is 57.0 Å². The minimum Gasteiger partial charge on any atom is -0.399 e. The first-order valence-corrected chi connectivity index (χ1v) is 8.00. The van der Waals surface area contributed by atoms with E-state index in [1.807, 2.05) is 24.3 Å². The lowest BCUT2D eigenvalue weighted by Gasteiger charge is -2.32. The molecular weight excluding hydrogens is 262 g/mol. The highest BCUT2D eigenvalue weighted by Gasteiger charge is 2.16. The lowest BCUT2D eigenvalue weighted by atomic mass is 10.1. The molecule has 1 atom stereocenters. The molecule has 1 aliphatic rings. The number of hydrogen-bond donors (Lipinski definition) is 2. The van der Waals surface area contributed by atoms with Crippen LogP contribution in [0.3, 0.4) is 0 Å². The zero-order valence-corrected chi connectivity index (χ0v) is 13.0. The summed E-state index contributed by atoms with van der Waals surface area (Å²) in [6.45, 7) is 5.28. The Kier molecular flexibility index (Phi) is 6.05. The summed E-state index contributed by atoms with van der Waals surface area (Å²) in [7, 11) is 0. The molecule has 1 fully saturated rings. The number of carbonyl (C=O) groups excluding carboxylic acids is 1. The number of nitrogen functional groups attached to an aromatic ring is 1. The van der Waals surface area contributed by atoms with Gasteiger partial charge in [-0.3, -0.25) is 9.69 Å². The van der Waals surface area contributed by atoms with Crippen LogP contribution >= 0.6 is 0 Å². The van der Waals surface area contributed by atoms with Crippen molar-refractivity contribution in [2.45, 2.75) is 45.1 Å². The topological polar surface area (TPSA) is 58.4 Å². The normalized spacial score (nSPS) is 17.4. The zero-order valence-electron chi connectivity index (χ0n) is 13.0. The van der Waals surface area contributed by atoms with E-state index in [1.165, 1.54) is 32.4 Å². The summed E-state index contributed by atoms with van der Waals surface area (Å²) in [6, 6.07) is 8.18. The highest BCUT2D eigenvalue weighted by atomic mass is 16.1. The van der Waals surface area contributed by atoms with E-state index in [-0.39, 0.29) is 5.91 Å². The molecule has 4 heteroatoms. The molecule has 21 heavy (non-hydrogen) atoms. The molecule has 1 aromatic rings. The van der Waals surface area contributed by atoms with Gasteiger partial charge in [0, 0.05) is 24.7 Å². The van der Waals surface area contributed by atoms with Gasteiger partial charge in [-0.25, -0.2) is 0 Å². The van der Waals surface area contributed by atoms with Crippen LogP contribution in [0.1, 0.15) is 38.2 Å². The molecule has 1 aromatic carbocycles. The van der Waals surface area contributed by atoms with Gasteiger partial charge in [0.2, 0.25) is 5.91 Å². The first-order chi connectivity index (χ1) is 10.1. The van der Waals surface area contributed by atoms with Gasteiger partial charge in [0.1, 0.15) is 0 Å². The Bertz CT molecular complexity index is 455. The first kappa shape index (κ1) is 15.8. The fraction of sp³-hybridized carbons (Fsp3) is 0.588. The van der Waals surface area contributed by atoms with E-state index in [0.29, 0.717) is 12.5 Å². The molecule has 0 bridgehead atoms. The lowest BCUT2D eigenvalue weighted by molar-refractivity contribution is -0.121. The third-order valence-electron chi connectivity index (χ3n) is 4.20. The summed E-state index contributed by atoms with van der Waals surface area (Å²) >= 11 is 0. The van der Waals surface area contributed by atoms with Crippen molar-refractivity contribution in [3.8, 4) is 0 Å². The van der Waals surface area contributed by atoms with Gasteiger partial charge in [0.15, 0.2) is 0 Å². The standard InChI is InChI=1S/C17H27N3O/c1-14(20-10-3-2-4-11-20)13-19-17(21)9-8-15-6-5-7-16(18)12-15/h5-7,12,14H,2-4,8-11,13,18H2,1H3,(H,19,21). The van der Waals surface area contributed by atoms with E-state index in [2.05, 4.69) is 17.1 Å². The van der Waals surface area contributed by atoms with Gasteiger partial charge >= 0.3 is 0 Å². The predicted octanol–water partition coefficient (Wildman–Crippen LogP) is 2.19. The van der Waals surface area contributed by atoms with Crippen LogP contribution in [0.4, 0.5) is 5.69 Å². The molecule has 0 radical (unpaired) electrons. The maximum atomic E-state index is 11.9. The smallest absolute Gasteiger partial charge is 0.220 e. The number of amides is 1. The number of benzene rings is 1. The Morgan fingerprint density at radius 1 is 1.33 bits per heavy atom. The van der Waals surface area contributed by atoms with Crippen molar-refractivity contribution in [1.29, 1.82) is 0 Å². The van der Waals surface area contributed by atoms with Gasteiger partial charge in [-0.15, -0.1) is 0 Å². The van der Waals surface area contributed by atoms with Crippen LogP contribution < -0.4 is 11.1 Å². The van der Waals surface area contributed by atoms with Crippen LogP contribution in [0.5, 0.6) is 0 Å². The van der Waals surface area contributed by atoms with Crippen LogP contribution in [0.2, 0.25) is 0 Å². The van der Waals surface area contributed by atoms with Crippen molar-refractivity contribution in [3.63, 3.8) is 0 Å². The van der Waals surface area contributed by atoms with Crippen molar-refractivity contribution in [2.24, 2.45) is 0 Å². The van der Waals surface area contributed by atoms with Gasteiger partial charge < -0.3 is 11.1 Å². The third-order valence-corrected chi connectivity index (χ3v) is 4.20. The molecule has 1 amide bonds. The highest BCUT2D eigenvalue weighted by molar-refractivity contribution is 5.76. The van der Waals surface area contributed by atoms with E-state index in [9.17, 15) is 4.79 Å². The maximum Gasteiger partial charge on any atom is 0.220 e. The van der Waals surface area contributed by atoms with Crippen molar-refractivity contribution < 1.29 is 4.79 Å². The lowest BCUT2D eigenvalue weighted by Crippen LogP contribution is -2.44. The van der Waals surface area contributed by atoms with E-state index in [4.69, 9.17) is 5.73 Å². The number of carbonyl (C=O) groups is 1. The fourth-order valence-corrected chi connectivity index (χ4v) is 2.84. The maximum absolute atomic E-state index is 11.9. The molecule has 1 unspecified atom stereocenters. The third kappa shape index (κ3) is 5.38. The number of hydrogen-bond acceptors (Lipinski definition) is 3. The average molecular weight is 289 g/mol. The minimum absolute atomic E-state index is 0.126. The number of anilines is 1. The van der Waals surface area contributed by atoms with Crippen molar-refractivity contribution >= 4 is 11.6 Å². The van der Waals surface area contributed by atoms with Crippen molar-refractivity contribution in [2.75, 3.05) is 25.4 Å². The molecule has 2 rings (SSSR count). The van der Waals surface area contributed by atoms with Crippen LogP contribution in [0.25, 0.3) is 0 Å². The largest absolute Gasteiger partial charge is 0.399 e. The summed E-state index contributed by atoms with van der Waals surface area (Å²) in [5.74, 6) is 0.126. The summed E-state index contributed by atoms with van der Waals surface area (Å²) in [6.07, 6.45) is 5.18. The molecule has 1 saturated heterocycles. The fourth-order valence-electron chi connectivity index (χ4n) is 2.84. The van der Waals surface area contributed by atoms with Crippen LogP contribution in [0.15, 0.2) is 24.3 Å². The molecule has 0 aromatic heterocycles. The van der Waals surface area contributed by atoms with E-state index in [1.54, 1.807) is 0 Å². The van der Waals surface area contributed by atoms with E-state index in [0.717, 1.165) is 24.2 Å². The quantitative estimate of drug-likeness (QED) is 0.789. The molecule has 0 saturated carbocycles. The van der Waals surface area contributed by atoms with Crippen LogP contribution in [-0.2, 0) is 11.2 Å². The summed E-state index contributed by atoms with van der Waals surface area (Å²) in [5.41, 5.74) is 7.62. The molecule has 3 N–H and O–H groups in total. The molecule has 0 spiro atoms. The van der Waals surface area contributed by atoms with Crippen molar-refractivity contribution in [1.82, 2.24) is 10.2 Å². The Labute approximate surface area is 127 Å². The molecule has 116 valence electrons. The summed E-state index contributed by atoms with van der Waals surface area (Å²) in [5, 5.41) is 3.05. The molecule has 0 aliphatic carbocycles. The zero-order chi connectivity index (χ0) is 15.1. The number of rotatable bonds is 6. The van der Waals surface area contributed by atoms with E-state index >= 15 is 0 Å². The summed E-state index contributed by atoms with van der Waals surface area (Å²) < 4.78 is 0.